The van der Waals surface area contributed by atoms with Gasteiger partial charge in [-0.2, -0.15) is 0 Å². The molecule has 0 saturated carbocycles. The maximum absolute atomic E-state index is 13.2. The molecule has 34 heavy (non-hydrogen) atoms. The maximum atomic E-state index is 13.2. The smallest absolute Gasteiger partial charge is 0.262 e. The van der Waals surface area contributed by atoms with Gasteiger partial charge in [-0.1, -0.05) is 54.2 Å². The van der Waals surface area contributed by atoms with Crippen molar-refractivity contribution in [3.63, 3.8) is 0 Å². The number of hydrogen-bond acceptors (Lipinski definition) is 7. The zero-order valence-electron chi connectivity index (χ0n) is 18.9. The topological polar surface area (TPSA) is 74.3 Å². The largest absolute Gasteiger partial charge is 0.382 e. The molecule has 0 saturated heterocycles. The first-order chi connectivity index (χ1) is 16.7. The molecule has 2 aromatic carbocycles. The number of aryl methyl sites for hydroxylation is 1. The minimum Gasteiger partial charge on any atom is -0.382 e. The Balaban J connectivity index is 1.41. The van der Waals surface area contributed by atoms with Crippen molar-refractivity contribution in [3.8, 4) is 0 Å². The molecule has 0 atom stereocenters. The van der Waals surface area contributed by atoms with Crippen LogP contribution in [-0.2, 0) is 23.5 Å². The van der Waals surface area contributed by atoms with Crippen LogP contribution in [0.2, 0.25) is 0 Å². The molecule has 0 aliphatic carbocycles. The van der Waals surface area contributed by atoms with Crippen molar-refractivity contribution in [2.75, 3.05) is 13.2 Å². The van der Waals surface area contributed by atoms with Crippen LogP contribution in [0.1, 0.15) is 29.6 Å². The monoisotopic (exact) mass is 491 g/mol. The van der Waals surface area contributed by atoms with Crippen LogP contribution in [0.4, 0.5) is 0 Å². The van der Waals surface area contributed by atoms with Crippen molar-refractivity contribution >= 4 is 39.8 Å². The van der Waals surface area contributed by atoms with E-state index in [1.54, 1.807) is 27.7 Å². The van der Waals surface area contributed by atoms with E-state index in [2.05, 4.69) is 39.8 Å². The second kappa shape index (κ2) is 10.5. The fourth-order valence-corrected chi connectivity index (χ4v) is 5.67. The first kappa shape index (κ1) is 22.8. The van der Waals surface area contributed by atoms with Crippen LogP contribution in [0.25, 0.3) is 16.7 Å². The van der Waals surface area contributed by atoms with Gasteiger partial charge >= 0.3 is 0 Å². The van der Waals surface area contributed by atoms with Crippen LogP contribution in [-0.4, -0.2) is 37.4 Å². The van der Waals surface area contributed by atoms with E-state index >= 15 is 0 Å². The number of benzene rings is 2. The van der Waals surface area contributed by atoms with Gasteiger partial charge in [-0.3, -0.25) is 13.8 Å². The average molecular weight is 492 g/mol. The van der Waals surface area contributed by atoms with E-state index in [-0.39, 0.29) is 5.56 Å². The van der Waals surface area contributed by atoms with Crippen molar-refractivity contribution in [1.29, 1.82) is 0 Å². The van der Waals surface area contributed by atoms with Gasteiger partial charge in [0.05, 0.1) is 21.6 Å². The lowest BCUT2D eigenvalue weighted by Crippen LogP contribution is -2.24. The second-order valence-corrected chi connectivity index (χ2v) is 9.71. The Morgan fingerprint density at radius 1 is 1.06 bits per heavy atom. The number of rotatable bonds is 10. The third-order valence-corrected chi connectivity index (χ3v) is 7.36. The van der Waals surface area contributed by atoms with Crippen LogP contribution >= 0.6 is 23.1 Å². The zero-order valence-corrected chi connectivity index (χ0v) is 20.5. The number of nitrogens with zero attached hydrogens (tertiary/aromatic N) is 5. The summed E-state index contributed by atoms with van der Waals surface area (Å²) in [6, 6.07) is 18.0. The number of hydrogen-bond donors (Lipinski definition) is 0. The van der Waals surface area contributed by atoms with Gasteiger partial charge in [0.1, 0.15) is 0 Å². The number of aromatic nitrogens is 5. The predicted molar refractivity (Wildman–Crippen MR) is 137 cm³/mol. The van der Waals surface area contributed by atoms with E-state index in [4.69, 9.17) is 9.72 Å². The summed E-state index contributed by atoms with van der Waals surface area (Å²) < 4.78 is 9.15. The van der Waals surface area contributed by atoms with Crippen LogP contribution in [0.3, 0.4) is 0 Å². The molecule has 174 valence electrons. The highest BCUT2D eigenvalue weighted by molar-refractivity contribution is 7.98. The quantitative estimate of drug-likeness (QED) is 0.206. The Bertz CT molecular complexity index is 1460. The summed E-state index contributed by atoms with van der Waals surface area (Å²) in [7, 11) is 0. The SMILES string of the molecule is CCOCCCn1c(=O)c2ccccc2n2c(SCc3csc(Cc4ccccc4)n3)nnc12. The van der Waals surface area contributed by atoms with E-state index in [1.807, 2.05) is 41.7 Å². The molecular formula is C25H25N5O2S2. The summed E-state index contributed by atoms with van der Waals surface area (Å²) in [6.07, 6.45) is 1.57. The molecule has 0 spiro atoms. The minimum atomic E-state index is -0.0476. The third-order valence-electron chi connectivity index (χ3n) is 5.50. The predicted octanol–water partition coefficient (Wildman–Crippen LogP) is 4.81. The van der Waals surface area contributed by atoms with Crippen molar-refractivity contribution in [3.05, 3.63) is 86.6 Å². The molecule has 0 unspecified atom stereocenters. The number of para-hydroxylation sites is 1. The summed E-state index contributed by atoms with van der Waals surface area (Å²) in [4.78, 5) is 18.0. The number of ether oxygens (including phenoxy) is 1. The molecular weight excluding hydrogens is 466 g/mol. The van der Waals surface area contributed by atoms with Gasteiger partial charge in [0.25, 0.3) is 5.56 Å². The minimum absolute atomic E-state index is 0.0476. The number of thioether (sulfide) groups is 1. The fourth-order valence-electron chi connectivity index (χ4n) is 3.90. The molecule has 3 aromatic heterocycles. The maximum Gasteiger partial charge on any atom is 0.262 e. The van der Waals surface area contributed by atoms with E-state index in [9.17, 15) is 4.79 Å². The van der Waals surface area contributed by atoms with Crippen molar-refractivity contribution in [2.45, 2.75) is 37.2 Å². The van der Waals surface area contributed by atoms with Gasteiger partial charge in [-0.15, -0.1) is 21.5 Å². The summed E-state index contributed by atoms with van der Waals surface area (Å²) in [5.74, 6) is 1.25. The fraction of sp³-hybridized carbons (Fsp3) is 0.280. The second-order valence-electron chi connectivity index (χ2n) is 7.83. The van der Waals surface area contributed by atoms with Crippen LogP contribution in [0.15, 0.2) is 69.9 Å². The molecule has 0 bridgehead atoms. The first-order valence-corrected chi connectivity index (χ1v) is 13.2. The van der Waals surface area contributed by atoms with Crippen molar-refractivity contribution < 1.29 is 4.74 Å². The highest BCUT2D eigenvalue weighted by Gasteiger charge is 2.17. The lowest BCUT2D eigenvalue weighted by molar-refractivity contribution is 0.141. The molecule has 0 fully saturated rings. The molecule has 0 aliphatic heterocycles. The highest BCUT2D eigenvalue weighted by atomic mass is 32.2. The number of thiazole rings is 1. The Labute approximate surface area is 205 Å². The molecule has 0 amide bonds. The van der Waals surface area contributed by atoms with E-state index < -0.39 is 0 Å². The normalized spacial score (nSPS) is 11.6. The molecule has 0 radical (unpaired) electrons. The summed E-state index contributed by atoms with van der Waals surface area (Å²) in [6.45, 7) is 3.77. The summed E-state index contributed by atoms with van der Waals surface area (Å²) >= 11 is 3.26. The van der Waals surface area contributed by atoms with Crippen molar-refractivity contribution in [2.24, 2.45) is 0 Å². The number of fused-ring (bicyclic) bond motifs is 3. The van der Waals surface area contributed by atoms with Crippen molar-refractivity contribution in [1.82, 2.24) is 24.1 Å². The van der Waals surface area contributed by atoms with E-state index in [1.165, 1.54) is 5.56 Å². The zero-order chi connectivity index (χ0) is 23.3. The Kier molecular flexibility index (Phi) is 7.03. The molecule has 0 N–H and O–H groups in total. The van der Waals surface area contributed by atoms with Gasteiger partial charge in [-0.05, 0) is 31.0 Å². The molecule has 3 heterocycles. The Morgan fingerprint density at radius 3 is 2.74 bits per heavy atom. The van der Waals surface area contributed by atoms with Gasteiger partial charge < -0.3 is 4.74 Å². The lowest BCUT2D eigenvalue weighted by atomic mass is 10.2. The highest BCUT2D eigenvalue weighted by Crippen LogP contribution is 2.26. The lowest BCUT2D eigenvalue weighted by Gasteiger charge is -2.11. The van der Waals surface area contributed by atoms with Crippen LogP contribution < -0.4 is 5.56 Å². The van der Waals surface area contributed by atoms with Crippen LogP contribution in [0, 0.1) is 0 Å². The molecule has 0 aliphatic rings. The molecule has 5 aromatic rings. The summed E-state index contributed by atoms with van der Waals surface area (Å²) in [5.41, 5.74) is 3.05. The molecule has 9 heteroatoms. The standard InChI is InChI=1S/C25H25N5O2S2/c1-2-32-14-8-13-29-23(31)20-11-6-7-12-21(20)30-24(29)27-28-25(30)34-17-19-16-33-22(26-19)15-18-9-4-3-5-10-18/h3-7,9-12,16H,2,8,13-15,17H2,1H3. The first-order valence-electron chi connectivity index (χ1n) is 11.3. The molecule has 7 nitrogen and oxygen atoms in total. The molecule has 5 rings (SSSR count). The van der Waals surface area contributed by atoms with E-state index in [0.717, 1.165) is 34.2 Å². The van der Waals surface area contributed by atoms with Gasteiger partial charge in [0, 0.05) is 37.3 Å². The third kappa shape index (κ3) is 4.77. The Morgan fingerprint density at radius 2 is 1.88 bits per heavy atom. The van der Waals surface area contributed by atoms with Gasteiger partial charge in [0.2, 0.25) is 5.78 Å². The average Bonchev–Trinajstić information content (AvgIpc) is 3.50. The summed E-state index contributed by atoms with van der Waals surface area (Å²) in [5, 5.41) is 13.5. The van der Waals surface area contributed by atoms with Crippen LogP contribution in [0.5, 0.6) is 0 Å². The Hall–Kier alpha value is -3.01. The van der Waals surface area contributed by atoms with Gasteiger partial charge in [0.15, 0.2) is 5.16 Å². The van der Waals surface area contributed by atoms with Gasteiger partial charge in [-0.25, -0.2) is 4.98 Å². The van der Waals surface area contributed by atoms with E-state index in [0.29, 0.717) is 36.7 Å².